The number of hydrogen-bond acceptors (Lipinski definition) is 8. The monoisotopic (exact) mass is 634 g/mol. The van der Waals surface area contributed by atoms with Crippen molar-refractivity contribution in [3.8, 4) is 0 Å². The largest absolute Gasteiger partial charge is 0.477 e. The Morgan fingerprint density at radius 2 is 1.86 bits per heavy atom. The molecule has 0 radical (unpaired) electrons. The second-order valence-electron chi connectivity index (χ2n) is 10.1. The summed E-state index contributed by atoms with van der Waals surface area (Å²) in [7, 11) is 0. The van der Waals surface area contributed by atoms with Gasteiger partial charge in [-0.15, -0.1) is 23.5 Å². The molecule has 11 nitrogen and oxygen atoms in total. The molecule has 3 N–H and O–H groups in total. The number of carboxylic acid groups (broad SMARTS) is 1. The fourth-order valence-electron chi connectivity index (χ4n) is 5.00. The topological polar surface area (TPSA) is 145 Å². The van der Waals surface area contributed by atoms with Crippen LogP contribution in [0.4, 0.5) is 10.5 Å². The first kappa shape index (κ1) is 31.0. The smallest absolute Gasteiger partial charge is 0.411 e. The van der Waals surface area contributed by atoms with Crippen LogP contribution in [-0.2, 0) is 30.5 Å². The van der Waals surface area contributed by atoms with Crippen molar-refractivity contribution in [1.29, 1.82) is 0 Å². The lowest BCUT2D eigenvalue weighted by molar-refractivity contribution is -0.150. The van der Waals surface area contributed by atoms with Gasteiger partial charge in [-0.1, -0.05) is 43.0 Å². The lowest BCUT2D eigenvalue weighted by Crippen LogP contribution is -2.70. The minimum absolute atomic E-state index is 0.100. The molecule has 44 heavy (non-hydrogen) atoms. The lowest BCUT2D eigenvalue weighted by atomic mass is 10.0. The third-order valence-corrected chi connectivity index (χ3v) is 9.41. The molecule has 0 aromatic heterocycles. The van der Waals surface area contributed by atoms with Crippen LogP contribution in [0.2, 0.25) is 0 Å². The van der Waals surface area contributed by atoms with E-state index in [1.807, 2.05) is 30.3 Å². The Hall–Kier alpha value is -4.49. The first-order valence-electron chi connectivity index (χ1n) is 13.8. The molecule has 2 atom stereocenters. The molecule has 2 saturated heterocycles. The molecule has 0 saturated carbocycles. The molecule has 3 heterocycles. The van der Waals surface area contributed by atoms with Crippen molar-refractivity contribution in [2.45, 2.75) is 29.3 Å². The van der Waals surface area contributed by atoms with Gasteiger partial charge >= 0.3 is 12.1 Å². The van der Waals surface area contributed by atoms with E-state index in [2.05, 4.69) is 17.2 Å². The van der Waals surface area contributed by atoms with Gasteiger partial charge < -0.3 is 20.1 Å². The van der Waals surface area contributed by atoms with Gasteiger partial charge in [-0.2, -0.15) is 0 Å². The van der Waals surface area contributed by atoms with Crippen molar-refractivity contribution >= 4 is 59.0 Å². The number of carbonyl (C=O) groups excluding carboxylic acids is 4. The van der Waals surface area contributed by atoms with Gasteiger partial charge in [0, 0.05) is 35.0 Å². The first-order chi connectivity index (χ1) is 21.2. The van der Waals surface area contributed by atoms with Gasteiger partial charge in [0.1, 0.15) is 23.7 Å². The maximum absolute atomic E-state index is 13.2. The second kappa shape index (κ2) is 13.9. The van der Waals surface area contributed by atoms with Crippen molar-refractivity contribution in [2.24, 2.45) is 0 Å². The van der Waals surface area contributed by atoms with Crippen molar-refractivity contribution in [3.63, 3.8) is 0 Å². The third-order valence-electron chi connectivity index (χ3n) is 7.10. The maximum Gasteiger partial charge on any atom is 0.411 e. The molecule has 3 aliphatic rings. The zero-order chi connectivity index (χ0) is 31.2. The zero-order valence-corrected chi connectivity index (χ0v) is 25.2. The fraction of sp³-hybridized carbons (Fsp3) is 0.258. The molecular formula is C31H30N4O7S2. The number of rotatable bonds is 11. The van der Waals surface area contributed by atoms with Gasteiger partial charge in [-0.3, -0.25) is 24.6 Å². The van der Waals surface area contributed by atoms with Crippen LogP contribution in [0.3, 0.4) is 0 Å². The van der Waals surface area contributed by atoms with Gasteiger partial charge in [0.25, 0.3) is 5.91 Å². The molecular weight excluding hydrogens is 604 g/mol. The third kappa shape index (κ3) is 7.00. The van der Waals surface area contributed by atoms with Crippen molar-refractivity contribution in [1.82, 2.24) is 15.1 Å². The number of allylic oxidation sites excluding steroid dienone is 1. The molecule has 228 valence electrons. The summed E-state index contributed by atoms with van der Waals surface area (Å²) in [4.78, 5) is 66.5. The van der Waals surface area contributed by atoms with E-state index in [1.54, 1.807) is 35.2 Å². The quantitative estimate of drug-likeness (QED) is 0.146. The van der Waals surface area contributed by atoms with Crippen LogP contribution in [0.25, 0.3) is 0 Å². The Balaban J connectivity index is 1.20. The van der Waals surface area contributed by atoms with Crippen LogP contribution in [0.5, 0.6) is 0 Å². The van der Waals surface area contributed by atoms with Crippen LogP contribution >= 0.6 is 23.5 Å². The molecule has 4 amide bonds. The number of hydrogen-bond donors (Lipinski definition) is 3. The van der Waals surface area contributed by atoms with Gasteiger partial charge in [-0.05, 0) is 47.9 Å². The van der Waals surface area contributed by atoms with Gasteiger partial charge in [0.15, 0.2) is 0 Å². The van der Waals surface area contributed by atoms with Gasteiger partial charge in [-0.25, -0.2) is 9.59 Å². The number of anilines is 1. The standard InChI is InChI=1S/C31H30N4O7S2/c1-2-14-42-31(41)32-22-10-8-19(9-11-22)16-34-13-12-20(27(34)37)15-21-17-44-29-25(28(38)35(29)26(21)30(39)40)33-24(36)18-43-23-6-4-3-5-7-23/h2-11,15,25,29H,1,12-14,16-18H2,(H,32,41)(H,33,36)(H,39,40)/b20-15+/t25-,29-/m1/s1. The molecule has 2 aromatic rings. The maximum atomic E-state index is 13.2. The van der Waals surface area contributed by atoms with E-state index < -0.39 is 29.4 Å². The number of carboxylic acids is 1. The normalized spacial score (nSPS) is 20.2. The number of nitrogens with one attached hydrogen (secondary N) is 2. The number of β-lactam (4-membered cyclic amide) rings is 1. The van der Waals surface area contributed by atoms with Crippen molar-refractivity contribution in [3.05, 3.63) is 95.7 Å². The van der Waals surface area contributed by atoms with E-state index in [1.165, 1.54) is 34.5 Å². The van der Waals surface area contributed by atoms with E-state index in [0.717, 1.165) is 10.5 Å². The molecule has 5 rings (SSSR count). The Kier molecular flexibility index (Phi) is 9.75. The number of nitrogens with zero attached hydrogens (tertiary/aromatic N) is 2. The van der Waals surface area contributed by atoms with Crippen LogP contribution in [0.1, 0.15) is 12.0 Å². The summed E-state index contributed by atoms with van der Waals surface area (Å²) in [5, 5.41) is 14.8. The van der Waals surface area contributed by atoms with Crippen LogP contribution < -0.4 is 10.6 Å². The number of amides is 4. The van der Waals surface area contributed by atoms with E-state index in [-0.39, 0.29) is 35.6 Å². The summed E-state index contributed by atoms with van der Waals surface area (Å²) in [5.74, 6) is -1.85. The zero-order valence-electron chi connectivity index (χ0n) is 23.6. The Morgan fingerprint density at radius 1 is 1.11 bits per heavy atom. The minimum atomic E-state index is -1.26. The summed E-state index contributed by atoms with van der Waals surface area (Å²) < 4.78 is 4.90. The van der Waals surface area contributed by atoms with Crippen LogP contribution in [0, 0.1) is 0 Å². The number of carbonyl (C=O) groups is 5. The molecule has 0 aliphatic carbocycles. The highest BCUT2D eigenvalue weighted by Gasteiger charge is 2.54. The summed E-state index contributed by atoms with van der Waals surface area (Å²) in [6.45, 7) is 4.39. The minimum Gasteiger partial charge on any atom is -0.477 e. The Bertz CT molecular complexity index is 1540. The van der Waals surface area contributed by atoms with Crippen LogP contribution in [-0.4, -0.2) is 80.8 Å². The lowest BCUT2D eigenvalue weighted by Gasteiger charge is -2.49. The predicted molar refractivity (Wildman–Crippen MR) is 167 cm³/mol. The molecule has 2 aromatic carbocycles. The van der Waals surface area contributed by atoms with Crippen molar-refractivity contribution in [2.75, 3.05) is 30.0 Å². The highest BCUT2D eigenvalue weighted by molar-refractivity contribution is 8.00. The van der Waals surface area contributed by atoms with E-state index in [0.29, 0.717) is 36.3 Å². The number of aliphatic carboxylic acids is 1. The summed E-state index contributed by atoms with van der Waals surface area (Å²) in [6, 6.07) is 15.6. The molecule has 2 fully saturated rings. The Morgan fingerprint density at radius 3 is 2.57 bits per heavy atom. The predicted octanol–water partition coefficient (Wildman–Crippen LogP) is 3.61. The number of likely N-dealkylation sites (tertiary alicyclic amines) is 1. The molecule has 0 unspecified atom stereocenters. The van der Waals surface area contributed by atoms with Crippen molar-refractivity contribution < 1.29 is 33.8 Å². The number of ether oxygens (including phenoxy) is 1. The molecule has 0 spiro atoms. The summed E-state index contributed by atoms with van der Waals surface area (Å²) >= 11 is 2.71. The van der Waals surface area contributed by atoms with Gasteiger partial charge in [0.05, 0.1) is 5.75 Å². The van der Waals surface area contributed by atoms with E-state index in [4.69, 9.17) is 4.74 Å². The van der Waals surface area contributed by atoms with Gasteiger partial charge in [0.2, 0.25) is 11.8 Å². The van der Waals surface area contributed by atoms with E-state index in [9.17, 15) is 29.1 Å². The highest BCUT2D eigenvalue weighted by atomic mass is 32.2. The number of benzene rings is 2. The summed E-state index contributed by atoms with van der Waals surface area (Å²) in [5.41, 5.74) is 2.10. The first-order valence-corrected chi connectivity index (χ1v) is 15.8. The highest BCUT2D eigenvalue weighted by Crippen LogP contribution is 2.41. The molecule has 13 heteroatoms. The second-order valence-corrected chi connectivity index (χ2v) is 12.2. The van der Waals surface area contributed by atoms with E-state index >= 15 is 0 Å². The Labute approximate surface area is 262 Å². The molecule has 3 aliphatic heterocycles. The average Bonchev–Trinajstić information content (AvgIpc) is 3.36. The number of thioether (sulfide) groups is 2. The summed E-state index contributed by atoms with van der Waals surface area (Å²) in [6.07, 6.45) is 2.90. The SMILES string of the molecule is C=CCOC(=O)Nc1ccc(CN2CC/C(=C\C3=C(C(=O)O)N4C(=O)[C@@H](NC(=O)CSc5ccccc5)[C@H]4SC3)C2=O)cc1. The average molecular weight is 635 g/mol. The molecule has 0 bridgehead atoms. The number of fused-ring (bicyclic) bond motifs is 1. The van der Waals surface area contributed by atoms with Crippen LogP contribution in [0.15, 0.2) is 95.1 Å². The fourth-order valence-corrected chi connectivity index (χ4v) is 7.04.